The van der Waals surface area contributed by atoms with Crippen LogP contribution in [0.4, 0.5) is 0 Å². The summed E-state index contributed by atoms with van der Waals surface area (Å²) >= 11 is 2.86. The highest BCUT2D eigenvalue weighted by Gasteiger charge is 2.05. The maximum absolute atomic E-state index is 11.7. The maximum Gasteiger partial charge on any atom is 0.313 e. The van der Waals surface area contributed by atoms with E-state index in [1.54, 1.807) is 11.3 Å². The average Bonchev–Trinajstić information content (AvgIpc) is 2.62. The van der Waals surface area contributed by atoms with Gasteiger partial charge in [0.05, 0.1) is 0 Å². The molecular formula is C11H11NOS2. The molecule has 0 aliphatic rings. The third kappa shape index (κ3) is 2.11. The third-order valence-corrected chi connectivity index (χ3v) is 4.68. The second-order valence-electron chi connectivity index (χ2n) is 3.35. The van der Waals surface area contributed by atoms with Gasteiger partial charge in [0.25, 0.3) is 0 Å². The van der Waals surface area contributed by atoms with Crippen molar-refractivity contribution < 1.29 is 5.11 Å². The zero-order valence-corrected chi connectivity index (χ0v) is 10.2. The molecule has 0 radical (unpaired) electrons. The van der Waals surface area contributed by atoms with E-state index in [2.05, 4.69) is 0 Å². The van der Waals surface area contributed by atoms with E-state index in [-0.39, 0.29) is 5.06 Å². The van der Waals surface area contributed by atoms with Crippen LogP contribution in [0.25, 0.3) is 10.4 Å². The quantitative estimate of drug-likeness (QED) is 0.692. The number of hydrogen-bond acceptors (Lipinski definition) is 3. The molecule has 0 bridgehead atoms. The Morgan fingerprint density at radius 1 is 1.07 bits per heavy atom. The van der Waals surface area contributed by atoms with Crippen molar-refractivity contribution in [3.63, 3.8) is 0 Å². The SMILES string of the molecule is C[N+](C)=c1sc([O-])c(-c2ccccc2)s1. The second kappa shape index (κ2) is 4.16. The van der Waals surface area contributed by atoms with Gasteiger partial charge in [-0.15, -0.1) is 0 Å². The van der Waals surface area contributed by atoms with E-state index in [0.29, 0.717) is 0 Å². The number of nitrogens with zero attached hydrogens (tertiary/aromatic N) is 1. The van der Waals surface area contributed by atoms with Crippen molar-refractivity contribution in [3.05, 3.63) is 34.3 Å². The summed E-state index contributed by atoms with van der Waals surface area (Å²) in [5.74, 6) is 0. The summed E-state index contributed by atoms with van der Waals surface area (Å²) in [6.45, 7) is 0. The molecule has 2 rings (SSSR count). The normalized spacial score (nSPS) is 10.3. The predicted octanol–water partition coefficient (Wildman–Crippen LogP) is 1.58. The first-order chi connectivity index (χ1) is 7.18. The Morgan fingerprint density at radius 3 is 2.27 bits per heavy atom. The van der Waals surface area contributed by atoms with Crippen LogP contribution < -0.4 is 13.7 Å². The topological polar surface area (TPSA) is 26.1 Å². The van der Waals surface area contributed by atoms with Crippen molar-refractivity contribution in [3.8, 4) is 15.5 Å². The minimum atomic E-state index is 0.148. The molecule has 4 heteroatoms. The Balaban J connectivity index is 2.61. The van der Waals surface area contributed by atoms with Crippen LogP contribution in [-0.4, -0.2) is 14.1 Å². The summed E-state index contributed by atoms with van der Waals surface area (Å²) in [6.07, 6.45) is 0. The molecule has 0 unspecified atom stereocenters. The Bertz CT molecular complexity index is 521. The van der Waals surface area contributed by atoms with Gasteiger partial charge in [0, 0.05) is 4.88 Å². The molecule has 0 amide bonds. The first kappa shape index (κ1) is 10.4. The van der Waals surface area contributed by atoms with Gasteiger partial charge in [0.1, 0.15) is 14.1 Å². The number of benzene rings is 1. The van der Waals surface area contributed by atoms with E-state index >= 15 is 0 Å². The van der Waals surface area contributed by atoms with Gasteiger partial charge in [-0.3, -0.25) is 0 Å². The van der Waals surface area contributed by atoms with Gasteiger partial charge in [-0.2, -0.15) is 0 Å². The fraction of sp³-hybridized carbons (Fsp3) is 0.182. The van der Waals surface area contributed by atoms with E-state index in [4.69, 9.17) is 0 Å². The van der Waals surface area contributed by atoms with Crippen LogP contribution in [0.3, 0.4) is 0 Å². The fourth-order valence-corrected chi connectivity index (χ4v) is 3.36. The lowest BCUT2D eigenvalue weighted by Gasteiger charge is -2.03. The molecule has 0 fully saturated rings. The van der Waals surface area contributed by atoms with Crippen LogP contribution >= 0.6 is 22.7 Å². The van der Waals surface area contributed by atoms with Crippen molar-refractivity contribution >= 4 is 22.7 Å². The molecule has 1 heterocycles. The summed E-state index contributed by atoms with van der Waals surface area (Å²) in [6, 6.07) is 9.81. The van der Waals surface area contributed by atoms with Crippen LogP contribution in [0.5, 0.6) is 5.06 Å². The molecule has 78 valence electrons. The summed E-state index contributed by atoms with van der Waals surface area (Å²) in [7, 11) is 3.91. The highest BCUT2D eigenvalue weighted by molar-refractivity contribution is 7.30. The van der Waals surface area contributed by atoms with Crippen LogP contribution in [0.15, 0.2) is 30.3 Å². The van der Waals surface area contributed by atoms with Gasteiger partial charge in [-0.1, -0.05) is 53.0 Å². The van der Waals surface area contributed by atoms with Gasteiger partial charge in [-0.25, -0.2) is 4.58 Å². The zero-order chi connectivity index (χ0) is 10.8. The zero-order valence-electron chi connectivity index (χ0n) is 8.56. The van der Waals surface area contributed by atoms with Crippen molar-refractivity contribution in [2.45, 2.75) is 0 Å². The van der Waals surface area contributed by atoms with Crippen molar-refractivity contribution in [1.29, 1.82) is 0 Å². The molecule has 2 aromatic rings. The molecule has 1 aromatic carbocycles. The molecule has 0 spiro atoms. The smallest absolute Gasteiger partial charge is 0.313 e. The Kier molecular flexibility index (Phi) is 2.88. The lowest BCUT2D eigenvalue weighted by atomic mass is 10.2. The monoisotopic (exact) mass is 237 g/mol. The largest absolute Gasteiger partial charge is 0.864 e. The molecule has 0 atom stereocenters. The second-order valence-corrected chi connectivity index (χ2v) is 5.57. The van der Waals surface area contributed by atoms with Gasteiger partial charge in [0.15, 0.2) is 0 Å². The summed E-state index contributed by atoms with van der Waals surface area (Å²) in [4.78, 5) is 0.837. The molecule has 0 aliphatic carbocycles. The maximum atomic E-state index is 11.7. The van der Waals surface area contributed by atoms with Crippen molar-refractivity contribution in [2.24, 2.45) is 0 Å². The van der Waals surface area contributed by atoms with E-state index in [1.807, 2.05) is 49.0 Å². The van der Waals surface area contributed by atoms with Crippen LogP contribution in [0, 0.1) is 0 Å². The van der Waals surface area contributed by atoms with Crippen LogP contribution in [-0.2, 0) is 0 Å². The first-order valence-electron chi connectivity index (χ1n) is 4.55. The Morgan fingerprint density at radius 2 is 1.73 bits per heavy atom. The summed E-state index contributed by atoms with van der Waals surface area (Å²) < 4.78 is 3.02. The van der Waals surface area contributed by atoms with Gasteiger partial charge in [-0.05, 0) is 10.6 Å². The minimum absolute atomic E-state index is 0.148. The van der Waals surface area contributed by atoms with Crippen molar-refractivity contribution in [2.75, 3.05) is 14.1 Å². The summed E-state index contributed by atoms with van der Waals surface area (Å²) in [5.41, 5.74) is 1.01. The third-order valence-electron chi connectivity index (χ3n) is 1.96. The van der Waals surface area contributed by atoms with E-state index in [0.717, 1.165) is 14.4 Å². The lowest BCUT2D eigenvalue weighted by molar-refractivity contribution is -0.260. The molecule has 0 aliphatic heterocycles. The molecule has 1 aromatic heterocycles. The van der Waals surface area contributed by atoms with Gasteiger partial charge in [0.2, 0.25) is 0 Å². The molecular weight excluding hydrogens is 226 g/mol. The molecule has 0 N–H and O–H groups in total. The van der Waals surface area contributed by atoms with E-state index < -0.39 is 0 Å². The molecule has 0 saturated carbocycles. The van der Waals surface area contributed by atoms with Gasteiger partial charge >= 0.3 is 3.98 Å². The Hall–Kier alpha value is -1.13. The van der Waals surface area contributed by atoms with Crippen LogP contribution in [0.2, 0.25) is 0 Å². The molecule has 15 heavy (non-hydrogen) atoms. The highest BCUT2D eigenvalue weighted by atomic mass is 32.2. The average molecular weight is 237 g/mol. The number of hydrogen-bond donors (Lipinski definition) is 0. The fourth-order valence-electron chi connectivity index (χ4n) is 1.22. The minimum Gasteiger partial charge on any atom is -0.864 e. The van der Waals surface area contributed by atoms with Crippen LogP contribution in [0.1, 0.15) is 0 Å². The first-order valence-corrected chi connectivity index (χ1v) is 6.18. The standard InChI is InChI=1S/C11H11NOS2/c1-12(2)11-14-9(10(13)15-11)8-6-4-3-5-7-8/h3-7H,1-2H3. The highest BCUT2D eigenvalue weighted by Crippen LogP contribution is 2.32. The molecule has 0 saturated heterocycles. The molecule has 2 nitrogen and oxygen atoms in total. The van der Waals surface area contributed by atoms with E-state index in [1.165, 1.54) is 11.3 Å². The lowest BCUT2D eigenvalue weighted by Crippen LogP contribution is -2.14. The van der Waals surface area contributed by atoms with Gasteiger partial charge < -0.3 is 5.11 Å². The number of rotatable bonds is 1. The van der Waals surface area contributed by atoms with Crippen molar-refractivity contribution in [1.82, 2.24) is 4.58 Å². The Labute approximate surface area is 96.4 Å². The van der Waals surface area contributed by atoms with E-state index in [9.17, 15) is 5.11 Å². The predicted molar refractivity (Wildman–Crippen MR) is 64.2 cm³/mol. The summed E-state index contributed by atoms with van der Waals surface area (Å²) in [5, 5.41) is 11.9.